The van der Waals surface area contributed by atoms with Crippen molar-refractivity contribution in [2.75, 3.05) is 31.1 Å². The minimum atomic E-state index is -5.08. The zero-order valence-electron chi connectivity index (χ0n) is 19.7. The van der Waals surface area contributed by atoms with E-state index in [2.05, 4.69) is 30.8 Å². The number of aromatic nitrogens is 3. The fourth-order valence-electron chi connectivity index (χ4n) is 4.09. The van der Waals surface area contributed by atoms with E-state index < -0.39 is 24.3 Å². The van der Waals surface area contributed by atoms with Gasteiger partial charge in [0.2, 0.25) is 5.95 Å². The second-order valence-electron chi connectivity index (χ2n) is 8.65. The maximum Gasteiger partial charge on any atom is 0.490 e. The Hall–Kier alpha value is -3.56. The first-order chi connectivity index (χ1) is 17.6. The van der Waals surface area contributed by atoms with Gasteiger partial charge >= 0.3 is 24.3 Å². The number of halogens is 7. The summed E-state index contributed by atoms with van der Waals surface area (Å²) in [6, 6.07) is 4.13. The quantitative estimate of drug-likeness (QED) is 0.546. The lowest BCUT2D eigenvalue weighted by atomic mass is 9.79. The van der Waals surface area contributed by atoms with Crippen LogP contribution in [0.4, 0.5) is 36.7 Å². The van der Waals surface area contributed by atoms with Crippen LogP contribution in [0.3, 0.4) is 0 Å². The summed E-state index contributed by atoms with van der Waals surface area (Å²) < 4.78 is 76.5. The largest absolute Gasteiger partial charge is 0.490 e. The van der Waals surface area contributed by atoms with Gasteiger partial charge in [0.05, 0.1) is 12.4 Å². The third kappa shape index (κ3) is 9.72. The Morgan fingerprint density at radius 1 is 0.921 bits per heavy atom. The van der Waals surface area contributed by atoms with E-state index in [-0.39, 0.29) is 5.82 Å². The summed E-state index contributed by atoms with van der Waals surface area (Å²) in [4.78, 5) is 35.1. The van der Waals surface area contributed by atoms with Crippen molar-refractivity contribution in [3.05, 3.63) is 48.3 Å². The number of likely N-dealkylation sites (tertiary alicyclic amines) is 1. The monoisotopic (exact) mass is 555 g/mol. The molecule has 38 heavy (non-hydrogen) atoms. The summed E-state index contributed by atoms with van der Waals surface area (Å²) in [5.74, 6) is -5.24. The third-order valence-electron chi connectivity index (χ3n) is 5.68. The fraction of sp³-hybridized carbons (Fsp3) is 0.500. The van der Waals surface area contributed by atoms with Crippen LogP contribution in [0, 0.1) is 11.2 Å². The van der Waals surface area contributed by atoms with Crippen molar-refractivity contribution in [2.45, 2.75) is 38.2 Å². The number of piperidine rings is 1. The highest BCUT2D eigenvalue weighted by Gasteiger charge is 2.42. The van der Waals surface area contributed by atoms with E-state index >= 15 is 0 Å². The Morgan fingerprint density at radius 3 is 2.00 bits per heavy atom. The van der Waals surface area contributed by atoms with Gasteiger partial charge in [-0.2, -0.15) is 26.3 Å². The predicted molar refractivity (Wildman–Crippen MR) is 117 cm³/mol. The molecule has 0 saturated carbocycles. The van der Waals surface area contributed by atoms with E-state index in [0.717, 1.165) is 39.1 Å². The molecule has 0 radical (unpaired) electrons. The number of carboxylic acids is 2. The standard InChI is InChI=1S/C18H22FN5.2C2HF3O2/c19-16-10-21-17(22-11-16)24-7-2-4-18(14-24)5-8-23(13-18)12-15-3-1-6-20-9-15;2*3-2(4,5)1(6)7/h1,3,6,9-11H,2,4-5,7-8,12-14H2;2*(H,6,7). The van der Waals surface area contributed by atoms with Gasteiger partial charge in [0.25, 0.3) is 0 Å². The molecule has 1 atom stereocenters. The number of alkyl halides is 6. The normalized spacial score (nSPS) is 19.7. The molecule has 0 aliphatic carbocycles. The van der Waals surface area contributed by atoms with Crippen molar-refractivity contribution >= 4 is 17.9 Å². The lowest BCUT2D eigenvalue weighted by Crippen LogP contribution is -2.45. The molecule has 2 fully saturated rings. The van der Waals surface area contributed by atoms with Gasteiger partial charge in [-0.15, -0.1) is 0 Å². The smallest absolute Gasteiger partial charge is 0.475 e. The number of pyridine rings is 1. The number of anilines is 1. The van der Waals surface area contributed by atoms with Crippen LogP contribution in [0.15, 0.2) is 36.9 Å². The SMILES string of the molecule is Fc1cnc(N2CCCC3(CCN(Cc4cccnc4)C3)C2)nc1.O=C(O)C(F)(F)F.O=C(O)C(F)(F)F. The Balaban J connectivity index is 0.000000301. The molecule has 0 bridgehead atoms. The van der Waals surface area contributed by atoms with Crippen LogP contribution < -0.4 is 4.90 Å². The number of carbonyl (C=O) groups is 2. The molecule has 4 heterocycles. The van der Waals surface area contributed by atoms with E-state index in [9.17, 15) is 30.7 Å². The van der Waals surface area contributed by atoms with Crippen molar-refractivity contribution in [2.24, 2.45) is 5.41 Å². The minimum Gasteiger partial charge on any atom is -0.475 e. The molecule has 0 amide bonds. The highest BCUT2D eigenvalue weighted by molar-refractivity contribution is 5.73. The molecule has 2 aliphatic rings. The van der Waals surface area contributed by atoms with Gasteiger partial charge in [-0.25, -0.2) is 23.9 Å². The van der Waals surface area contributed by atoms with Crippen LogP contribution in [0.2, 0.25) is 0 Å². The van der Waals surface area contributed by atoms with E-state index in [0.29, 0.717) is 11.4 Å². The topological polar surface area (TPSA) is 120 Å². The summed E-state index contributed by atoms with van der Waals surface area (Å²) in [5, 5.41) is 14.2. The van der Waals surface area contributed by atoms with Crippen LogP contribution in [0.5, 0.6) is 0 Å². The van der Waals surface area contributed by atoms with E-state index in [4.69, 9.17) is 19.8 Å². The number of carboxylic acid groups (broad SMARTS) is 2. The van der Waals surface area contributed by atoms with E-state index in [1.807, 2.05) is 18.5 Å². The predicted octanol–water partition coefficient (Wildman–Crippen LogP) is 3.77. The second-order valence-corrected chi connectivity index (χ2v) is 8.65. The molecular formula is C22H24F7N5O4. The van der Waals surface area contributed by atoms with Gasteiger partial charge in [0.1, 0.15) is 0 Å². The van der Waals surface area contributed by atoms with Crippen molar-refractivity contribution in [1.29, 1.82) is 0 Å². The van der Waals surface area contributed by atoms with Gasteiger partial charge in [-0.05, 0) is 37.4 Å². The zero-order valence-corrected chi connectivity index (χ0v) is 19.7. The fourth-order valence-corrected chi connectivity index (χ4v) is 4.09. The molecule has 2 aromatic rings. The maximum absolute atomic E-state index is 13.1. The van der Waals surface area contributed by atoms with Crippen LogP contribution in [0.1, 0.15) is 24.8 Å². The molecular weight excluding hydrogens is 531 g/mol. The van der Waals surface area contributed by atoms with Gasteiger partial charge in [-0.1, -0.05) is 6.07 Å². The number of aliphatic carboxylic acids is 2. The molecule has 4 rings (SSSR count). The summed E-state index contributed by atoms with van der Waals surface area (Å²) in [6.07, 6.45) is -0.304. The first-order valence-corrected chi connectivity index (χ1v) is 11.1. The molecule has 2 N–H and O–H groups in total. The molecule has 16 heteroatoms. The lowest BCUT2D eigenvalue weighted by molar-refractivity contribution is -0.193. The molecule has 9 nitrogen and oxygen atoms in total. The lowest BCUT2D eigenvalue weighted by Gasteiger charge is -2.40. The summed E-state index contributed by atoms with van der Waals surface area (Å²) in [6.45, 7) is 5.09. The first-order valence-electron chi connectivity index (χ1n) is 11.1. The molecule has 0 aromatic carbocycles. The van der Waals surface area contributed by atoms with Crippen LogP contribution in [-0.2, 0) is 16.1 Å². The van der Waals surface area contributed by atoms with E-state index in [1.165, 1.54) is 30.8 Å². The Morgan fingerprint density at radius 2 is 1.50 bits per heavy atom. The average molecular weight is 555 g/mol. The summed E-state index contributed by atoms with van der Waals surface area (Å²) in [7, 11) is 0. The van der Waals surface area contributed by atoms with Gasteiger partial charge in [-0.3, -0.25) is 9.88 Å². The van der Waals surface area contributed by atoms with Crippen molar-refractivity contribution in [3.63, 3.8) is 0 Å². The maximum atomic E-state index is 13.1. The molecule has 2 aromatic heterocycles. The van der Waals surface area contributed by atoms with Crippen molar-refractivity contribution in [1.82, 2.24) is 19.9 Å². The van der Waals surface area contributed by atoms with Crippen molar-refractivity contribution < 1.29 is 50.5 Å². The first kappa shape index (κ1) is 30.7. The zero-order chi connectivity index (χ0) is 28.6. The summed E-state index contributed by atoms with van der Waals surface area (Å²) >= 11 is 0. The number of hydrogen-bond acceptors (Lipinski definition) is 7. The molecule has 1 unspecified atom stereocenters. The molecule has 1 spiro atoms. The number of rotatable bonds is 3. The van der Waals surface area contributed by atoms with Crippen LogP contribution >= 0.6 is 0 Å². The Kier molecular flexibility index (Phi) is 10.3. The van der Waals surface area contributed by atoms with Crippen LogP contribution in [0.25, 0.3) is 0 Å². The second kappa shape index (κ2) is 12.8. The highest BCUT2D eigenvalue weighted by atomic mass is 19.4. The van der Waals surface area contributed by atoms with E-state index in [1.54, 1.807) is 0 Å². The Labute approximate surface area is 211 Å². The van der Waals surface area contributed by atoms with Gasteiger partial charge in [0.15, 0.2) is 5.82 Å². The molecule has 2 saturated heterocycles. The molecule has 2 aliphatic heterocycles. The highest BCUT2D eigenvalue weighted by Crippen LogP contribution is 2.40. The minimum absolute atomic E-state index is 0.304. The number of nitrogens with zero attached hydrogens (tertiary/aromatic N) is 5. The van der Waals surface area contributed by atoms with Gasteiger partial charge in [0, 0.05) is 44.0 Å². The Bertz CT molecular complexity index is 1030. The number of hydrogen-bond donors (Lipinski definition) is 2. The average Bonchev–Trinajstić information content (AvgIpc) is 3.21. The van der Waals surface area contributed by atoms with Gasteiger partial charge < -0.3 is 15.1 Å². The summed E-state index contributed by atoms with van der Waals surface area (Å²) in [5.41, 5.74) is 1.57. The third-order valence-corrected chi connectivity index (χ3v) is 5.68. The van der Waals surface area contributed by atoms with Crippen LogP contribution in [-0.4, -0.2) is 80.5 Å². The molecule has 210 valence electrons. The van der Waals surface area contributed by atoms with Crippen molar-refractivity contribution in [3.8, 4) is 0 Å².